The van der Waals surface area contributed by atoms with Gasteiger partial charge in [0.05, 0.1) is 12.6 Å². The van der Waals surface area contributed by atoms with Gasteiger partial charge in [-0.25, -0.2) is 4.79 Å². The summed E-state index contributed by atoms with van der Waals surface area (Å²) in [6, 6.07) is 6.35. The molecule has 24 heavy (non-hydrogen) atoms. The Balaban J connectivity index is 1.94. The van der Waals surface area contributed by atoms with E-state index in [2.05, 4.69) is 16.6 Å². The summed E-state index contributed by atoms with van der Waals surface area (Å²) in [5.74, 6) is 2.21. The van der Waals surface area contributed by atoms with Crippen LogP contribution >= 0.6 is 0 Å². The van der Waals surface area contributed by atoms with Crippen molar-refractivity contribution >= 4 is 12.0 Å². The standard InChI is InChI=1S/C18H22N2O4/c1-5-12-6-8-13(9-7-12)15(21)20-16-14(10-11-23-16)19-17(22)24-18(2,3)4/h1,6-9,14,16H,10-11H2,2-4H3,(H,19,22)(H,20,21). The van der Waals surface area contributed by atoms with Gasteiger partial charge in [0.25, 0.3) is 5.91 Å². The Morgan fingerprint density at radius 3 is 2.50 bits per heavy atom. The maximum Gasteiger partial charge on any atom is 0.408 e. The van der Waals surface area contributed by atoms with Gasteiger partial charge in [-0.05, 0) is 51.5 Å². The van der Waals surface area contributed by atoms with Gasteiger partial charge in [0.1, 0.15) is 5.60 Å². The molecular weight excluding hydrogens is 308 g/mol. The fraction of sp³-hybridized carbons (Fsp3) is 0.444. The molecule has 0 bridgehead atoms. The quantitative estimate of drug-likeness (QED) is 0.832. The van der Waals surface area contributed by atoms with E-state index in [1.807, 2.05) is 0 Å². The number of terminal acetylenes is 1. The molecular formula is C18H22N2O4. The first-order valence-corrected chi connectivity index (χ1v) is 7.77. The zero-order valence-electron chi connectivity index (χ0n) is 14.1. The minimum Gasteiger partial charge on any atom is -0.444 e. The average Bonchev–Trinajstić information content (AvgIpc) is 2.92. The van der Waals surface area contributed by atoms with Crippen molar-refractivity contribution in [1.29, 1.82) is 0 Å². The molecule has 128 valence electrons. The zero-order valence-corrected chi connectivity index (χ0v) is 14.1. The van der Waals surface area contributed by atoms with Gasteiger partial charge in [-0.1, -0.05) is 5.92 Å². The Kier molecular flexibility index (Phi) is 5.47. The van der Waals surface area contributed by atoms with E-state index >= 15 is 0 Å². The second-order valence-electron chi connectivity index (χ2n) is 6.53. The monoisotopic (exact) mass is 330 g/mol. The Hall–Kier alpha value is -2.52. The Labute approximate surface area is 141 Å². The summed E-state index contributed by atoms with van der Waals surface area (Å²) < 4.78 is 10.7. The van der Waals surface area contributed by atoms with Crippen LogP contribution in [0.4, 0.5) is 4.79 Å². The summed E-state index contributed by atoms with van der Waals surface area (Å²) in [6.45, 7) is 5.81. The van der Waals surface area contributed by atoms with Crippen LogP contribution in [0.15, 0.2) is 24.3 Å². The number of hydrogen-bond acceptors (Lipinski definition) is 4. The van der Waals surface area contributed by atoms with Crippen molar-refractivity contribution in [3.05, 3.63) is 35.4 Å². The molecule has 1 aromatic carbocycles. The largest absolute Gasteiger partial charge is 0.444 e. The van der Waals surface area contributed by atoms with Gasteiger partial charge in [-0.2, -0.15) is 0 Å². The van der Waals surface area contributed by atoms with E-state index in [-0.39, 0.29) is 11.9 Å². The lowest BCUT2D eigenvalue weighted by Gasteiger charge is -2.24. The van der Waals surface area contributed by atoms with Gasteiger partial charge in [-0.15, -0.1) is 6.42 Å². The molecule has 1 heterocycles. The van der Waals surface area contributed by atoms with Crippen molar-refractivity contribution in [3.8, 4) is 12.3 Å². The summed E-state index contributed by atoms with van der Waals surface area (Å²) in [6.07, 6.45) is 4.76. The third-order valence-electron chi connectivity index (χ3n) is 3.38. The molecule has 0 spiro atoms. The van der Waals surface area contributed by atoms with Crippen molar-refractivity contribution < 1.29 is 19.1 Å². The number of amides is 2. The van der Waals surface area contributed by atoms with E-state index in [9.17, 15) is 9.59 Å². The summed E-state index contributed by atoms with van der Waals surface area (Å²) in [7, 11) is 0. The van der Waals surface area contributed by atoms with Crippen LogP contribution in [0.5, 0.6) is 0 Å². The van der Waals surface area contributed by atoms with E-state index < -0.39 is 17.9 Å². The van der Waals surface area contributed by atoms with Gasteiger partial charge >= 0.3 is 6.09 Å². The van der Waals surface area contributed by atoms with Crippen LogP contribution < -0.4 is 10.6 Å². The molecule has 2 rings (SSSR count). The number of benzene rings is 1. The number of rotatable bonds is 3. The third-order valence-corrected chi connectivity index (χ3v) is 3.38. The summed E-state index contributed by atoms with van der Waals surface area (Å²) in [5, 5.41) is 5.50. The maximum absolute atomic E-state index is 12.3. The molecule has 2 N–H and O–H groups in total. The lowest BCUT2D eigenvalue weighted by atomic mass is 10.1. The molecule has 0 aromatic heterocycles. The van der Waals surface area contributed by atoms with Crippen LogP contribution in [0.3, 0.4) is 0 Å². The van der Waals surface area contributed by atoms with Crippen molar-refractivity contribution in [2.24, 2.45) is 0 Å². The Bertz CT molecular complexity index is 640. The molecule has 6 nitrogen and oxygen atoms in total. The molecule has 0 saturated carbocycles. The van der Waals surface area contributed by atoms with Crippen LogP contribution in [0.1, 0.15) is 43.1 Å². The Morgan fingerprint density at radius 1 is 1.25 bits per heavy atom. The van der Waals surface area contributed by atoms with Crippen LogP contribution in [0, 0.1) is 12.3 Å². The van der Waals surface area contributed by atoms with Crippen LogP contribution in [0.25, 0.3) is 0 Å². The first kappa shape index (κ1) is 17.8. The molecule has 2 unspecified atom stereocenters. The highest BCUT2D eigenvalue weighted by molar-refractivity contribution is 5.94. The highest BCUT2D eigenvalue weighted by atomic mass is 16.6. The summed E-state index contributed by atoms with van der Waals surface area (Å²) in [5.41, 5.74) is 0.592. The summed E-state index contributed by atoms with van der Waals surface area (Å²) in [4.78, 5) is 24.1. The molecule has 1 aliphatic heterocycles. The highest BCUT2D eigenvalue weighted by Gasteiger charge is 2.32. The first-order valence-electron chi connectivity index (χ1n) is 7.77. The van der Waals surface area contributed by atoms with Gasteiger partial charge in [-0.3, -0.25) is 4.79 Å². The molecule has 1 saturated heterocycles. The number of carbonyl (C=O) groups excluding carboxylic acids is 2. The smallest absolute Gasteiger partial charge is 0.408 e. The van der Waals surface area contributed by atoms with Crippen LogP contribution in [-0.4, -0.2) is 36.5 Å². The lowest BCUT2D eigenvalue weighted by molar-refractivity contribution is 0.0377. The SMILES string of the molecule is C#Cc1ccc(C(=O)NC2OCCC2NC(=O)OC(C)(C)C)cc1. The van der Waals surface area contributed by atoms with E-state index in [1.165, 1.54) is 0 Å². The molecule has 0 radical (unpaired) electrons. The third kappa shape index (κ3) is 5.00. The first-order chi connectivity index (χ1) is 11.3. The van der Waals surface area contributed by atoms with Crippen LogP contribution in [0.2, 0.25) is 0 Å². The van der Waals surface area contributed by atoms with Crippen molar-refractivity contribution in [2.45, 2.75) is 45.1 Å². The minimum absolute atomic E-state index is 0.290. The molecule has 2 amide bonds. The van der Waals surface area contributed by atoms with Gasteiger partial charge < -0.3 is 20.1 Å². The molecule has 6 heteroatoms. The summed E-state index contributed by atoms with van der Waals surface area (Å²) >= 11 is 0. The number of nitrogens with one attached hydrogen (secondary N) is 2. The molecule has 0 aliphatic carbocycles. The minimum atomic E-state index is -0.600. The topological polar surface area (TPSA) is 76.7 Å². The van der Waals surface area contributed by atoms with Crippen molar-refractivity contribution in [2.75, 3.05) is 6.61 Å². The zero-order chi connectivity index (χ0) is 17.7. The number of hydrogen-bond donors (Lipinski definition) is 2. The van der Waals surface area contributed by atoms with Crippen molar-refractivity contribution in [1.82, 2.24) is 10.6 Å². The molecule has 1 fully saturated rings. The number of ether oxygens (including phenoxy) is 2. The number of alkyl carbamates (subject to hydrolysis) is 1. The second-order valence-corrected chi connectivity index (χ2v) is 6.53. The number of carbonyl (C=O) groups is 2. The van der Waals surface area contributed by atoms with Crippen LogP contribution in [-0.2, 0) is 9.47 Å². The maximum atomic E-state index is 12.3. The normalized spacial score (nSPS) is 20.1. The van der Waals surface area contributed by atoms with E-state index in [1.54, 1.807) is 45.0 Å². The highest BCUT2D eigenvalue weighted by Crippen LogP contribution is 2.14. The second kappa shape index (κ2) is 7.37. The van der Waals surface area contributed by atoms with Crippen molar-refractivity contribution in [3.63, 3.8) is 0 Å². The lowest BCUT2D eigenvalue weighted by Crippen LogP contribution is -2.50. The fourth-order valence-corrected chi connectivity index (χ4v) is 2.27. The van der Waals surface area contributed by atoms with E-state index in [0.29, 0.717) is 24.2 Å². The van der Waals surface area contributed by atoms with E-state index in [0.717, 1.165) is 0 Å². The average molecular weight is 330 g/mol. The van der Waals surface area contributed by atoms with E-state index in [4.69, 9.17) is 15.9 Å². The fourth-order valence-electron chi connectivity index (χ4n) is 2.27. The predicted octanol–water partition coefficient (Wildman–Crippen LogP) is 2.04. The predicted molar refractivity (Wildman–Crippen MR) is 89.4 cm³/mol. The molecule has 1 aliphatic rings. The van der Waals surface area contributed by atoms with Gasteiger partial charge in [0, 0.05) is 11.1 Å². The molecule has 1 aromatic rings. The Morgan fingerprint density at radius 2 is 1.92 bits per heavy atom. The van der Waals surface area contributed by atoms with Gasteiger partial charge in [0.2, 0.25) is 0 Å². The molecule has 2 atom stereocenters. The van der Waals surface area contributed by atoms with Gasteiger partial charge in [0.15, 0.2) is 6.23 Å².